The van der Waals surface area contributed by atoms with Gasteiger partial charge in [-0.15, -0.1) is 0 Å². The van der Waals surface area contributed by atoms with Crippen LogP contribution in [-0.2, 0) is 16.0 Å². The second kappa shape index (κ2) is 8.46. The van der Waals surface area contributed by atoms with Crippen LogP contribution in [0.3, 0.4) is 0 Å². The van der Waals surface area contributed by atoms with Gasteiger partial charge in [-0.05, 0) is 64.9 Å². The van der Waals surface area contributed by atoms with Crippen LogP contribution in [-0.4, -0.2) is 18.0 Å². The first-order chi connectivity index (χ1) is 15.6. The molecule has 1 aliphatic rings. The van der Waals surface area contributed by atoms with Crippen LogP contribution in [0.2, 0.25) is 0 Å². The van der Waals surface area contributed by atoms with E-state index in [0.717, 1.165) is 46.4 Å². The fourth-order valence-corrected chi connectivity index (χ4v) is 4.70. The number of amides is 1. The zero-order chi connectivity index (χ0) is 22.1. The minimum Gasteiger partial charge on any atom is -0.449 e. The van der Waals surface area contributed by atoms with Crippen LogP contribution in [0, 0.1) is 0 Å². The van der Waals surface area contributed by atoms with E-state index in [2.05, 4.69) is 23.5 Å². The molecule has 1 N–H and O–H groups in total. The molecule has 0 radical (unpaired) electrons. The maximum Gasteiger partial charge on any atom is 0.340 e. The Bertz CT molecular complexity index is 1270. The van der Waals surface area contributed by atoms with Crippen molar-refractivity contribution < 1.29 is 14.3 Å². The largest absolute Gasteiger partial charge is 0.449 e. The monoisotopic (exact) mass is 423 g/mol. The molecule has 0 spiro atoms. The SMILES string of the molecule is C[C@H](OC(=O)c1c2ccccc2cc2ccccc12)C(=O)N[C@H]1CCCc2ccccc21. The Labute approximate surface area is 187 Å². The predicted octanol–water partition coefficient (Wildman–Crippen LogP) is 5.73. The molecule has 160 valence electrons. The van der Waals surface area contributed by atoms with Crippen molar-refractivity contribution in [2.75, 3.05) is 0 Å². The summed E-state index contributed by atoms with van der Waals surface area (Å²) in [5.41, 5.74) is 2.93. The molecule has 0 heterocycles. The number of ether oxygens (including phenoxy) is 1. The zero-order valence-corrected chi connectivity index (χ0v) is 18.0. The van der Waals surface area contributed by atoms with E-state index < -0.39 is 12.1 Å². The molecule has 0 fully saturated rings. The Morgan fingerprint density at radius 2 is 1.53 bits per heavy atom. The van der Waals surface area contributed by atoms with E-state index in [1.165, 1.54) is 5.56 Å². The normalized spacial score (nSPS) is 16.3. The lowest BCUT2D eigenvalue weighted by Crippen LogP contribution is -2.39. The molecule has 1 amide bonds. The molecule has 1 aliphatic carbocycles. The molecule has 0 saturated heterocycles. The van der Waals surface area contributed by atoms with Crippen molar-refractivity contribution in [3.8, 4) is 0 Å². The van der Waals surface area contributed by atoms with Crippen LogP contribution in [0.5, 0.6) is 0 Å². The summed E-state index contributed by atoms with van der Waals surface area (Å²) in [4.78, 5) is 26.2. The van der Waals surface area contributed by atoms with Crippen LogP contribution in [0.1, 0.15) is 47.3 Å². The molecule has 0 aromatic heterocycles. The quantitative estimate of drug-likeness (QED) is 0.337. The molecule has 0 bridgehead atoms. The number of hydrogen-bond donors (Lipinski definition) is 1. The van der Waals surface area contributed by atoms with Crippen molar-refractivity contribution in [1.29, 1.82) is 0 Å². The third-order valence-corrected chi connectivity index (χ3v) is 6.31. The number of hydrogen-bond acceptors (Lipinski definition) is 3. The number of aryl methyl sites for hydroxylation is 1. The summed E-state index contributed by atoms with van der Waals surface area (Å²) in [5, 5.41) is 6.67. The molecule has 0 saturated carbocycles. The standard InChI is InChI=1S/C28H25NO3/c1-18(27(30)29-25-16-8-12-19-9-2-5-13-22(19)25)32-28(31)26-23-14-6-3-10-20(23)17-21-11-4-7-15-24(21)26/h2-7,9-11,13-15,17-18,25H,8,12,16H2,1H3,(H,29,30)/t18-,25-/m0/s1. The molecular formula is C28H25NO3. The van der Waals surface area contributed by atoms with Crippen molar-refractivity contribution in [3.05, 3.63) is 95.6 Å². The van der Waals surface area contributed by atoms with Gasteiger partial charge < -0.3 is 10.1 Å². The molecule has 4 aromatic rings. The summed E-state index contributed by atoms with van der Waals surface area (Å²) >= 11 is 0. The molecule has 4 aromatic carbocycles. The van der Waals surface area contributed by atoms with Crippen molar-refractivity contribution in [3.63, 3.8) is 0 Å². The minimum atomic E-state index is -0.894. The van der Waals surface area contributed by atoms with Crippen molar-refractivity contribution in [1.82, 2.24) is 5.32 Å². The highest BCUT2D eigenvalue weighted by atomic mass is 16.5. The van der Waals surface area contributed by atoms with Crippen molar-refractivity contribution in [2.45, 2.75) is 38.3 Å². The fraction of sp³-hybridized carbons (Fsp3) is 0.214. The number of benzene rings is 4. The number of carbonyl (C=O) groups excluding carboxylic acids is 2. The Morgan fingerprint density at radius 1 is 0.906 bits per heavy atom. The van der Waals surface area contributed by atoms with E-state index in [0.29, 0.717) is 5.56 Å². The second-order valence-electron chi connectivity index (χ2n) is 8.39. The number of rotatable bonds is 4. The molecule has 4 nitrogen and oxygen atoms in total. The summed E-state index contributed by atoms with van der Waals surface area (Å²) in [6, 6.07) is 25.7. The summed E-state index contributed by atoms with van der Waals surface area (Å²) in [6.45, 7) is 1.63. The summed E-state index contributed by atoms with van der Waals surface area (Å²) in [5.74, 6) is -0.755. The zero-order valence-electron chi connectivity index (χ0n) is 18.0. The van der Waals surface area contributed by atoms with Gasteiger partial charge in [0, 0.05) is 0 Å². The van der Waals surface area contributed by atoms with Gasteiger partial charge in [-0.25, -0.2) is 4.79 Å². The Hall–Kier alpha value is -3.66. The van der Waals surface area contributed by atoms with Crippen LogP contribution < -0.4 is 5.32 Å². The van der Waals surface area contributed by atoms with Crippen LogP contribution >= 0.6 is 0 Å². The highest BCUT2D eigenvalue weighted by molar-refractivity contribution is 6.16. The Kier molecular flexibility index (Phi) is 5.36. The van der Waals surface area contributed by atoms with Gasteiger partial charge in [0.25, 0.3) is 5.91 Å². The van der Waals surface area contributed by atoms with E-state index in [1.807, 2.05) is 60.7 Å². The lowest BCUT2D eigenvalue weighted by Gasteiger charge is -2.27. The molecular weight excluding hydrogens is 398 g/mol. The number of fused-ring (bicyclic) bond motifs is 3. The number of nitrogens with one attached hydrogen (secondary N) is 1. The van der Waals surface area contributed by atoms with Gasteiger partial charge in [-0.3, -0.25) is 4.79 Å². The second-order valence-corrected chi connectivity index (χ2v) is 8.39. The fourth-order valence-electron chi connectivity index (χ4n) is 4.70. The van der Waals surface area contributed by atoms with Gasteiger partial charge in [0.1, 0.15) is 0 Å². The van der Waals surface area contributed by atoms with E-state index in [9.17, 15) is 9.59 Å². The van der Waals surface area contributed by atoms with Gasteiger partial charge in [0.2, 0.25) is 0 Å². The Morgan fingerprint density at radius 3 is 2.25 bits per heavy atom. The summed E-state index contributed by atoms with van der Waals surface area (Å²) < 4.78 is 5.69. The minimum absolute atomic E-state index is 0.0491. The number of esters is 1. The molecule has 32 heavy (non-hydrogen) atoms. The summed E-state index contributed by atoms with van der Waals surface area (Å²) in [6.07, 6.45) is 2.05. The molecule has 0 aliphatic heterocycles. The van der Waals surface area contributed by atoms with Gasteiger partial charge in [0.15, 0.2) is 6.10 Å². The van der Waals surface area contributed by atoms with E-state index in [1.54, 1.807) is 6.92 Å². The topological polar surface area (TPSA) is 55.4 Å². The van der Waals surface area contributed by atoms with Gasteiger partial charge in [-0.1, -0.05) is 72.8 Å². The maximum atomic E-state index is 13.3. The summed E-state index contributed by atoms with van der Waals surface area (Å²) in [7, 11) is 0. The van der Waals surface area contributed by atoms with Gasteiger partial charge in [0.05, 0.1) is 11.6 Å². The van der Waals surface area contributed by atoms with Crippen LogP contribution in [0.25, 0.3) is 21.5 Å². The lowest BCUT2D eigenvalue weighted by molar-refractivity contribution is -0.130. The van der Waals surface area contributed by atoms with Crippen molar-refractivity contribution in [2.24, 2.45) is 0 Å². The lowest BCUT2D eigenvalue weighted by atomic mass is 9.87. The highest BCUT2D eigenvalue weighted by Gasteiger charge is 2.26. The third kappa shape index (κ3) is 3.73. The van der Waals surface area contributed by atoms with Crippen LogP contribution in [0.15, 0.2) is 78.9 Å². The third-order valence-electron chi connectivity index (χ3n) is 6.31. The first kappa shape index (κ1) is 20.3. The van der Waals surface area contributed by atoms with Crippen molar-refractivity contribution >= 4 is 33.4 Å². The maximum absolute atomic E-state index is 13.3. The molecule has 0 unspecified atom stereocenters. The van der Waals surface area contributed by atoms with E-state index in [-0.39, 0.29) is 11.9 Å². The number of carbonyl (C=O) groups is 2. The van der Waals surface area contributed by atoms with E-state index >= 15 is 0 Å². The van der Waals surface area contributed by atoms with E-state index in [4.69, 9.17) is 4.74 Å². The average Bonchev–Trinajstić information content (AvgIpc) is 2.82. The predicted molar refractivity (Wildman–Crippen MR) is 127 cm³/mol. The average molecular weight is 424 g/mol. The van der Waals surface area contributed by atoms with Crippen LogP contribution in [0.4, 0.5) is 0 Å². The molecule has 2 atom stereocenters. The smallest absolute Gasteiger partial charge is 0.340 e. The Balaban J connectivity index is 1.39. The molecule has 4 heteroatoms. The highest BCUT2D eigenvalue weighted by Crippen LogP contribution is 2.31. The first-order valence-electron chi connectivity index (χ1n) is 11.1. The first-order valence-corrected chi connectivity index (χ1v) is 11.1. The van der Waals surface area contributed by atoms with Gasteiger partial charge >= 0.3 is 5.97 Å². The van der Waals surface area contributed by atoms with Gasteiger partial charge in [-0.2, -0.15) is 0 Å². The molecule has 5 rings (SSSR count).